The van der Waals surface area contributed by atoms with Crippen molar-refractivity contribution in [3.8, 4) is 0 Å². The lowest BCUT2D eigenvalue weighted by Gasteiger charge is -2.26. The Kier molecular flexibility index (Phi) is 3.41. The molecule has 1 aliphatic heterocycles. The summed E-state index contributed by atoms with van der Waals surface area (Å²) in [5, 5.41) is 0. The molecule has 1 amide bonds. The number of rotatable bonds is 1. The van der Waals surface area contributed by atoms with Gasteiger partial charge in [-0.25, -0.2) is 8.78 Å². The highest BCUT2D eigenvalue weighted by atomic mass is 19.1. The second-order valence-electron chi connectivity index (χ2n) is 4.42. The van der Waals surface area contributed by atoms with Crippen LogP contribution < -0.4 is 0 Å². The number of hydrogen-bond donors (Lipinski definition) is 0. The van der Waals surface area contributed by atoms with Crippen molar-refractivity contribution < 1.29 is 18.4 Å². The van der Waals surface area contributed by atoms with Crippen LogP contribution in [-0.2, 0) is 4.79 Å². The highest BCUT2D eigenvalue weighted by Gasteiger charge is 2.27. The van der Waals surface area contributed by atoms with Gasteiger partial charge < -0.3 is 4.90 Å². The van der Waals surface area contributed by atoms with E-state index in [9.17, 15) is 18.4 Å². The first-order valence-corrected chi connectivity index (χ1v) is 5.76. The van der Waals surface area contributed by atoms with Crippen LogP contribution in [0.2, 0.25) is 0 Å². The van der Waals surface area contributed by atoms with Gasteiger partial charge >= 0.3 is 0 Å². The largest absolute Gasteiger partial charge is 0.331 e. The Hall–Kier alpha value is -1.78. The van der Waals surface area contributed by atoms with Gasteiger partial charge in [-0.15, -0.1) is 0 Å². The molecular weight excluding hydrogens is 240 g/mol. The highest BCUT2D eigenvalue weighted by molar-refractivity contribution is 5.98. The molecule has 0 bridgehead atoms. The van der Waals surface area contributed by atoms with Crippen LogP contribution in [0.15, 0.2) is 12.1 Å². The number of nitrogens with zero attached hydrogens (tertiary/aromatic N) is 1. The molecule has 2 rings (SSSR count). The number of likely N-dealkylation sites (tertiary alicyclic amines) is 1. The second kappa shape index (κ2) is 4.84. The van der Waals surface area contributed by atoms with Crippen molar-refractivity contribution >= 4 is 11.7 Å². The highest BCUT2D eigenvalue weighted by Crippen LogP contribution is 2.19. The van der Waals surface area contributed by atoms with Gasteiger partial charge in [0, 0.05) is 13.0 Å². The van der Waals surface area contributed by atoms with Crippen LogP contribution in [0.25, 0.3) is 0 Å². The normalized spacial score (nSPS) is 15.9. The van der Waals surface area contributed by atoms with Gasteiger partial charge in [-0.1, -0.05) is 6.07 Å². The van der Waals surface area contributed by atoms with Crippen molar-refractivity contribution in [1.29, 1.82) is 0 Å². The van der Waals surface area contributed by atoms with Crippen LogP contribution in [0.1, 0.15) is 28.8 Å². The van der Waals surface area contributed by atoms with Crippen molar-refractivity contribution in [3.05, 3.63) is 34.9 Å². The Bertz CT molecular complexity index is 514. The smallest absolute Gasteiger partial charge is 0.260 e. The first-order valence-electron chi connectivity index (χ1n) is 5.76. The summed E-state index contributed by atoms with van der Waals surface area (Å²) in [6.07, 6.45) is 0.961. The Labute approximate surface area is 103 Å². The van der Waals surface area contributed by atoms with Crippen molar-refractivity contribution in [3.63, 3.8) is 0 Å². The number of halogens is 2. The minimum absolute atomic E-state index is 0.0638. The van der Waals surface area contributed by atoms with Gasteiger partial charge in [-0.3, -0.25) is 9.59 Å². The number of hydrogen-bond acceptors (Lipinski definition) is 2. The lowest BCUT2D eigenvalue weighted by atomic mass is 10.1. The Morgan fingerprint density at radius 3 is 2.72 bits per heavy atom. The van der Waals surface area contributed by atoms with E-state index in [2.05, 4.69) is 0 Å². The Morgan fingerprint density at radius 2 is 2.06 bits per heavy atom. The summed E-state index contributed by atoms with van der Waals surface area (Å²) in [7, 11) is 0. The standard InChI is InChI=1S/C13H13F2NO2/c1-8-4-5-10(14)11(12(8)15)13(18)16-6-2-3-9(17)7-16/h4-5H,2-3,6-7H2,1H3. The third-order valence-electron chi connectivity index (χ3n) is 3.04. The molecule has 1 aliphatic rings. The Balaban J connectivity index is 2.34. The second-order valence-corrected chi connectivity index (χ2v) is 4.42. The molecule has 0 radical (unpaired) electrons. The molecule has 0 spiro atoms. The first-order chi connectivity index (χ1) is 8.50. The average molecular weight is 253 g/mol. The van der Waals surface area contributed by atoms with Crippen LogP contribution in [0.3, 0.4) is 0 Å². The molecule has 1 aromatic rings. The van der Waals surface area contributed by atoms with E-state index in [-0.39, 0.29) is 17.9 Å². The summed E-state index contributed by atoms with van der Waals surface area (Å²) < 4.78 is 27.4. The molecule has 1 aromatic carbocycles. The predicted molar refractivity (Wildman–Crippen MR) is 61.2 cm³/mol. The summed E-state index contributed by atoms with van der Waals surface area (Å²) in [6, 6.07) is 2.35. The number of amides is 1. The SMILES string of the molecule is Cc1ccc(F)c(C(=O)N2CCCC(=O)C2)c1F. The van der Waals surface area contributed by atoms with E-state index in [1.807, 2.05) is 0 Å². The molecule has 1 fully saturated rings. The van der Waals surface area contributed by atoms with E-state index < -0.39 is 23.1 Å². The molecule has 18 heavy (non-hydrogen) atoms. The number of benzene rings is 1. The van der Waals surface area contributed by atoms with E-state index in [0.29, 0.717) is 19.4 Å². The zero-order valence-corrected chi connectivity index (χ0v) is 10.0. The molecule has 0 aromatic heterocycles. The van der Waals surface area contributed by atoms with Crippen LogP contribution in [0.5, 0.6) is 0 Å². The van der Waals surface area contributed by atoms with Gasteiger partial charge in [0.15, 0.2) is 5.78 Å². The lowest BCUT2D eigenvalue weighted by molar-refractivity contribution is -0.121. The lowest BCUT2D eigenvalue weighted by Crippen LogP contribution is -2.40. The fourth-order valence-corrected chi connectivity index (χ4v) is 2.02. The molecule has 96 valence electrons. The molecule has 1 heterocycles. The zero-order chi connectivity index (χ0) is 13.3. The summed E-state index contributed by atoms with van der Waals surface area (Å²) in [4.78, 5) is 24.5. The third kappa shape index (κ3) is 2.25. The van der Waals surface area contributed by atoms with Gasteiger partial charge in [0.05, 0.1) is 6.54 Å². The summed E-state index contributed by atoms with van der Waals surface area (Å²) in [5.74, 6) is -2.57. The average Bonchev–Trinajstić information content (AvgIpc) is 2.34. The molecule has 3 nitrogen and oxygen atoms in total. The third-order valence-corrected chi connectivity index (χ3v) is 3.04. The number of carbonyl (C=O) groups is 2. The van der Waals surface area contributed by atoms with Gasteiger partial charge in [-0.05, 0) is 25.0 Å². The molecule has 0 saturated carbocycles. The number of piperidine rings is 1. The molecule has 0 aliphatic carbocycles. The molecule has 0 unspecified atom stereocenters. The quantitative estimate of drug-likeness (QED) is 0.768. The van der Waals surface area contributed by atoms with E-state index in [0.717, 1.165) is 6.07 Å². The molecule has 0 atom stereocenters. The summed E-state index contributed by atoms with van der Waals surface area (Å²) >= 11 is 0. The molecule has 1 saturated heterocycles. The minimum Gasteiger partial charge on any atom is -0.331 e. The fourth-order valence-electron chi connectivity index (χ4n) is 2.02. The fraction of sp³-hybridized carbons (Fsp3) is 0.385. The van der Waals surface area contributed by atoms with Gasteiger partial charge in [0.2, 0.25) is 0 Å². The van der Waals surface area contributed by atoms with Gasteiger partial charge in [-0.2, -0.15) is 0 Å². The van der Waals surface area contributed by atoms with Crippen molar-refractivity contribution in [2.24, 2.45) is 0 Å². The van der Waals surface area contributed by atoms with Crippen molar-refractivity contribution in [1.82, 2.24) is 4.90 Å². The van der Waals surface area contributed by atoms with Gasteiger partial charge in [0.25, 0.3) is 5.91 Å². The maximum Gasteiger partial charge on any atom is 0.260 e. The predicted octanol–water partition coefficient (Wildman–Crippen LogP) is 2.08. The number of Topliss-reactive ketones (excluding diaryl/α,β-unsaturated/α-hetero) is 1. The zero-order valence-electron chi connectivity index (χ0n) is 10.0. The molecule has 5 heteroatoms. The van der Waals surface area contributed by atoms with Crippen molar-refractivity contribution in [2.45, 2.75) is 19.8 Å². The van der Waals surface area contributed by atoms with Crippen LogP contribution >= 0.6 is 0 Å². The number of aryl methyl sites for hydroxylation is 1. The molecular formula is C13H13F2NO2. The number of ketones is 1. The Morgan fingerprint density at radius 1 is 1.33 bits per heavy atom. The maximum atomic E-state index is 13.8. The maximum absolute atomic E-state index is 13.8. The van der Waals surface area contributed by atoms with Crippen molar-refractivity contribution in [2.75, 3.05) is 13.1 Å². The van der Waals surface area contributed by atoms with E-state index in [4.69, 9.17) is 0 Å². The van der Waals surface area contributed by atoms with E-state index >= 15 is 0 Å². The van der Waals surface area contributed by atoms with E-state index in [1.165, 1.54) is 17.9 Å². The summed E-state index contributed by atoms with van der Waals surface area (Å²) in [6.45, 7) is 1.76. The van der Waals surface area contributed by atoms with Gasteiger partial charge in [0.1, 0.15) is 17.2 Å². The van der Waals surface area contributed by atoms with Crippen LogP contribution in [0, 0.1) is 18.6 Å². The topological polar surface area (TPSA) is 37.4 Å². The molecule has 0 N–H and O–H groups in total. The van der Waals surface area contributed by atoms with Crippen LogP contribution in [-0.4, -0.2) is 29.7 Å². The minimum atomic E-state index is -0.888. The number of carbonyl (C=O) groups excluding carboxylic acids is 2. The monoisotopic (exact) mass is 253 g/mol. The van der Waals surface area contributed by atoms with Crippen LogP contribution in [0.4, 0.5) is 8.78 Å². The van der Waals surface area contributed by atoms with E-state index in [1.54, 1.807) is 0 Å². The first kappa shape index (κ1) is 12.7. The summed E-state index contributed by atoms with van der Waals surface area (Å²) in [5.41, 5.74) is -0.354.